The van der Waals surface area contributed by atoms with E-state index in [0.29, 0.717) is 0 Å². The fraction of sp³-hybridized carbons (Fsp3) is 0.786. The number of nitrogens with one attached hydrogen (secondary N) is 1. The van der Waals surface area contributed by atoms with Crippen LogP contribution >= 0.6 is 11.8 Å². The molecule has 0 bridgehead atoms. The van der Waals surface area contributed by atoms with E-state index in [0.717, 1.165) is 32.1 Å². The number of methoxy groups -OCH3 is 1. The van der Waals surface area contributed by atoms with E-state index in [9.17, 15) is 14.9 Å². The lowest BCUT2D eigenvalue weighted by molar-refractivity contribution is -0.140. The number of carbonyl (C=O) groups is 2. The van der Waals surface area contributed by atoms with Crippen LogP contribution in [0.25, 0.3) is 0 Å². The molecule has 5 nitrogen and oxygen atoms in total. The van der Waals surface area contributed by atoms with Crippen molar-refractivity contribution < 1.29 is 14.3 Å². The van der Waals surface area contributed by atoms with Crippen LogP contribution in [0.15, 0.2) is 0 Å². The van der Waals surface area contributed by atoms with E-state index >= 15 is 0 Å². The number of hydrogen-bond acceptors (Lipinski definition) is 5. The van der Waals surface area contributed by atoms with Crippen LogP contribution in [-0.2, 0) is 14.3 Å². The van der Waals surface area contributed by atoms with Crippen LogP contribution in [0.2, 0.25) is 0 Å². The van der Waals surface area contributed by atoms with Gasteiger partial charge in [0, 0.05) is 5.25 Å². The highest BCUT2D eigenvalue weighted by molar-refractivity contribution is 8.00. The van der Waals surface area contributed by atoms with Crippen molar-refractivity contribution in [3.05, 3.63) is 0 Å². The predicted molar refractivity (Wildman–Crippen MR) is 78.1 cm³/mol. The molecule has 1 amide bonds. The van der Waals surface area contributed by atoms with Gasteiger partial charge < -0.3 is 10.1 Å². The van der Waals surface area contributed by atoms with E-state index in [-0.39, 0.29) is 29.3 Å². The van der Waals surface area contributed by atoms with Gasteiger partial charge in [-0.25, -0.2) is 0 Å². The van der Waals surface area contributed by atoms with Crippen molar-refractivity contribution in [2.75, 3.05) is 12.9 Å². The molecule has 20 heavy (non-hydrogen) atoms. The maximum absolute atomic E-state index is 11.9. The average molecular weight is 298 g/mol. The van der Waals surface area contributed by atoms with Gasteiger partial charge in [0.1, 0.15) is 5.54 Å². The third-order valence-electron chi connectivity index (χ3n) is 3.48. The smallest absolute Gasteiger partial charge is 0.306 e. The second-order valence-electron chi connectivity index (χ2n) is 5.20. The molecule has 0 aromatic carbocycles. The SMILES string of the molecule is COC(=O)CC(C)SCC(=O)NC1(C#N)CCCCC1. The van der Waals surface area contributed by atoms with E-state index in [1.54, 1.807) is 0 Å². The van der Waals surface area contributed by atoms with E-state index in [1.165, 1.54) is 18.9 Å². The summed E-state index contributed by atoms with van der Waals surface area (Å²) in [6, 6.07) is 2.26. The molecule has 0 saturated heterocycles. The average Bonchev–Trinajstić information content (AvgIpc) is 2.46. The molecule has 0 heterocycles. The van der Waals surface area contributed by atoms with Gasteiger partial charge in [-0.2, -0.15) is 5.26 Å². The summed E-state index contributed by atoms with van der Waals surface area (Å²) < 4.78 is 4.59. The largest absolute Gasteiger partial charge is 0.469 e. The van der Waals surface area contributed by atoms with Crippen molar-refractivity contribution in [3.63, 3.8) is 0 Å². The van der Waals surface area contributed by atoms with Gasteiger partial charge in [0.05, 0.1) is 25.4 Å². The normalized spacial score (nSPS) is 18.6. The Morgan fingerprint density at radius 3 is 2.60 bits per heavy atom. The van der Waals surface area contributed by atoms with E-state index in [1.807, 2.05) is 6.92 Å². The minimum absolute atomic E-state index is 0.0255. The molecule has 0 aromatic heterocycles. The summed E-state index contributed by atoms with van der Waals surface area (Å²) in [5.74, 6) is -0.136. The fourth-order valence-corrected chi connectivity index (χ4v) is 3.08. The molecule has 1 aliphatic carbocycles. The summed E-state index contributed by atoms with van der Waals surface area (Å²) in [6.45, 7) is 1.88. The number of carbonyl (C=O) groups excluding carboxylic acids is 2. The number of amides is 1. The summed E-state index contributed by atoms with van der Waals surface area (Å²) in [5.41, 5.74) is -0.679. The van der Waals surface area contributed by atoms with E-state index < -0.39 is 5.54 Å². The van der Waals surface area contributed by atoms with Gasteiger partial charge in [0.2, 0.25) is 5.91 Å². The molecule has 1 atom stereocenters. The number of thioether (sulfide) groups is 1. The molecule has 1 N–H and O–H groups in total. The zero-order chi connectivity index (χ0) is 15.0. The van der Waals surface area contributed by atoms with Crippen molar-refractivity contribution in [1.82, 2.24) is 5.32 Å². The fourth-order valence-electron chi connectivity index (χ4n) is 2.32. The highest BCUT2D eigenvalue weighted by Gasteiger charge is 2.33. The van der Waals surface area contributed by atoms with Crippen LogP contribution in [-0.4, -0.2) is 35.5 Å². The Bertz CT molecular complexity index is 386. The van der Waals surface area contributed by atoms with Crippen LogP contribution in [0, 0.1) is 11.3 Å². The quantitative estimate of drug-likeness (QED) is 0.759. The zero-order valence-electron chi connectivity index (χ0n) is 12.1. The minimum Gasteiger partial charge on any atom is -0.469 e. The molecular formula is C14H22N2O3S. The van der Waals surface area contributed by atoms with Gasteiger partial charge in [-0.1, -0.05) is 26.2 Å². The van der Waals surface area contributed by atoms with Crippen LogP contribution in [0.5, 0.6) is 0 Å². The van der Waals surface area contributed by atoms with Gasteiger partial charge >= 0.3 is 5.97 Å². The molecule has 0 aromatic rings. The molecule has 1 fully saturated rings. The first-order valence-electron chi connectivity index (χ1n) is 6.92. The highest BCUT2D eigenvalue weighted by Crippen LogP contribution is 2.27. The van der Waals surface area contributed by atoms with E-state index in [4.69, 9.17) is 0 Å². The molecule has 1 aliphatic rings. The van der Waals surface area contributed by atoms with Crippen LogP contribution in [0.3, 0.4) is 0 Å². The van der Waals surface area contributed by atoms with Crippen molar-refractivity contribution in [3.8, 4) is 6.07 Å². The van der Waals surface area contributed by atoms with Crippen molar-refractivity contribution in [1.29, 1.82) is 5.26 Å². The van der Waals surface area contributed by atoms with Crippen LogP contribution < -0.4 is 5.32 Å². The van der Waals surface area contributed by atoms with Gasteiger partial charge in [0.15, 0.2) is 0 Å². The lowest BCUT2D eigenvalue weighted by Crippen LogP contribution is -2.49. The predicted octanol–water partition coefficient (Wildman–Crippen LogP) is 2.01. The second-order valence-corrected chi connectivity index (χ2v) is 6.63. The van der Waals surface area contributed by atoms with Gasteiger partial charge in [0.25, 0.3) is 0 Å². The number of esters is 1. The van der Waals surface area contributed by atoms with Gasteiger partial charge in [-0.15, -0.1) is 11.8 Å². The first-order valence-corrected chi connectivity index (χ1v) is 7.97. The number of ether oxygens (including phenoxy) is 1. The lowest BCUT2D eigenvalue weighted by atomic mass is 9.83. The first kappa shape index (κ1) is 16.8. The number of hydrogen-bond donors (Lipinski definition) is 1. The maximum atomic E-state index is 11.9. The standard InChI is InChI=1S/C14H22N2O3S/c1-11(8-13(18)19-2)20-9-12(17)16-14(10-15)6-4-3-5-7-14/h11H,3-9H2,1-2H3,(H,16,17). The molecule has 0 radical (unpaired) electrons. The monoisotopic (exact) mass is 298 g/mol. The van der Waals surface area contributed by atoms with Crippen molar-refractivity contribution >= 4 is 23.6 Å². The molecular weight excluding hydrogens is 276 g/mol. The number of nitriles is 1. The summed E-state index contributed by atoms with van der Waals surface area (Å²) in [6.07, 6.45) is 4.86. The van der Waals surface area contributed by atoms with Crippen molar-refractivity contribution in [2.24, 2.45) is 0 Å². The molecule has 0 aliphatic heterocycles. The Balaban J connectivity index is 2.35. The Labute approximate surface area is 124 Å². The molecule has 0 spiro atoms. The van der Waals surface area contributed by atoms with Gasteiger partial charge in [-0.05, 0) is 12.8 Å². The Hall–Kier alpha value is -1.22. The van der Waals surface area contributed by atoms with Crippen molar-refractivity contribution in [2.45, 2.75) is 56.2 Å². The molecule has 1 rings (SSSR count). The third kappa shape index (κ3) is 5.41. The topological polar surface area (TPSA) is 79.2 Å². The summed E-state index contributed by atoms with van der Waals surface area (Å²) in [4.78, 5) is 23.0. The molecule has 112 valence electrons. The second kappa shape index (κ2) is 8.15. The highest BCUT2D eigenvalue weighted by atomic mass is 32.2. The maximum Gasteiger partial charge on any atom is 0.306 e. The molecule has 1 unspecified atom stereocenters. The third-order valence-corrected chi connectivity index (χ3v) is 4.65. The number of rotatable bonds is 6. The Morgan fingerprint density at radius 1 is 1.40 bits per heavy atom. The van der Waals surface area contributed by atoms with Crippen LogP contribution in [0.1, 0.15) is 45.4 Å². The Morgan fingerprint density at radius 2 is 2.05 bits per heavy atom. The van der Waals surface area contributed by atoms with E-state index in [2.05, 4.69) is 16.1 Å². The first-order chi connectivity index (χ1) is 9.51. The lowest BCUT2D eigenvalue weighted by Gasteiger charge is -2.31. The zero-order valence-corrected chi connectivity index (χ0v) is 12.9. The molecule has 1 saturated carbocycles. The summed E-state index contributed by atoms with van der Waals surface area (Å²) in [5, 5.41) is 12.2. The summed E-state index contributed by atoms with van der Waals surface area (Å²) >= 11 is 1.40. The summed E-state index contributed by atoms with van der Waals surface area (Å²) in [7, 11) is 1.35. The molecule has 6 heteroatoms. The number of nitrogens with zero attached hydrogens (tertiary/aromatic N) is 1. The van der Waals surface area contributed by atoms with Crippen LogP contribution in [0.4, 0.5) is 0 Å². The minimum atomic E-state index is -0.679. The Kier molecular flexibility index (Phi) is 6.86. The van der Waals surface area contributed by atoms with Gasteiger partial charge in [-0.3, -0.25) is 9.59 Å².